The zero-order valence-electron chi connectivity index (χ0n) is 11.2. The van der Waals surface area contributed by atoms with Gasteiger partial charge in [0.15, 0.2) is 11.4 Å². The molecule has 0 aliphatic carbocycles. The largest absolute Gasteiger partial charge is 0.484 e. The first-order valence-corrected chi connectivity index (χ1v) is 6.53. The predicted octanol–water partition coefficient (Wildman–Crippen LogP) is 2.68. The number of hydrogen-bond acceptors (Lipinski definition) is 5. The topological polar surface area (TPSA) is 61.0 Å². The number of ether oxygens (including phenoxy) is 2. The van der Waals surface area contributed by atoms with Crippen molar-refractivity contribution in [1.82, 2.24) is 0 Å². The third-order valence-corrected chi connectivity index (χ3v) is 3.21. The summed E-state index contributed by atoms with van der Waals surface area (Å²) in [4.78, 5) is 16.4. The van der Waals surface area contributed by atoms with Gasteiger partial charge in [-0.1, -0.05) is 12.1 Å². The first-order chi connectivity index (χ1) is 9.79. The van der Waals surface area contributed by atoms with E-state index in [-0.39, 0.29) is 5.69 Å². The lowest BCUT2D eigenvalue weighted by Gasteiger charge is -2.17. The zero-order valence-corrected chi connectivity index (χ0v) is 11.2. The molecule has 0 radical (unpaired) electrons. The molecule has 1 aromatic heterocycles. The molecule has 0 spiro atoms. The van der Waals surface area contributed by atoms with E-state index in [0.717, 1.165) is 23.9 Å². The van der Waals surface area contributed by atoms with Crippen molar-refractivity contribution in [2.75, 3.05) is 20.3 Å². The van der Waals surface area contributed by atoms with Gasteiger partial charge < -0.3 is 13.9 Å². The lowest BCUT2D eigenvalue weighted by atomic mass is 10.1. The van der Waals surface area contributed by atoms with E-state index in [1.165, 1.54) is 0 Å². The normalized spacial score (nSPS) is 13.8. The Balaban J connectivity index is 2.01. The Morgan fingerprint density at radius 3 is 3.05 bits per heavy atom. The van der Waals surface area contributed by atoms with Crippen molar-refractivity contribution in [1.29, 1.82) is 0 Å². The van der Waals surface area contributed by atoms with Crippen LogP contribution >= 0.6 is 0 Å². The summed E-state index contributed by atoms with van der Waals surface area (Å²) in [5, 5.41) is 0.779. The fourth-order valence-electron chi connectivity index (χ4n) is 2.25. The van der Waals surface area contributed by atoms with Gasteiger partial charge in [-0.2, -0.15) is 0 Å². The molecule has 5 heteroatoms. The number of benzene rings is 1. The van der Waals surface area contributed by atoms with Gasteiger partial charge in [0.1, 0.15) is 12.2 Å². The standard InChI is InChI=1S/C15H15NO4/c1-18-8-4-5-10-9-19-14-11-6-2-3-7-12(11)20-15(17)13(14)16-10/h2-3,6-7H,4-5,8-9H2,1H3. The molecule has 1 aliphatic heterocycles. The second-order valence-corrected chi connectivity index (χ2v) is 4.63. The van der Waals surface area contributed by atoms with Crippen molar-refractivity contribution in [3.8, 4) is 5.75 Å². The molecule has 1 aromatic carbocycles. The number of hydrogen-bond donors (Lipinski definition) is 0. The van der Waals surface area contributed by atoms with Crippen molar-refractivity contribution in [3.63, 3.8) is 0 Å². The second kappa shape index (κ2) is 5.46. The quantitative estimate of drug-likeness (QED) is 0.634. The monoisotopic (exact) mass is 273 g/mol. The molecule has 1 aliphatic rings. The van der Waals surface area contributed by atoms with Gasteiger partial charge in [0.05, 0.1) is 11.1 Å². The molecule has 0 amide bonds. The van der Waals surface area contributed by atoms with E-state index in [1.807, 2.05) is 18.2 Å². The summed E-state index contributed by atoms with van der Waals surface area (Å²) in [7, 11) is 1.66. The van der Waals surface area contributed by atoms with Crippen LogP contribution < -0.4 is 10.4 Å². The molecule has 5 nitrogen and oxygen atoms in total. The Labute approximate surface area is 115 Å². The van der Waals surface area contributed by atoms with Crippen LogP contribution in [0.1, 0.15) is 12.8 Å². The third kappa shape index (κ3) is 2.32. The average Bonchev–Trinajstić information content (AvgIpc) is 2.48. The van der Waals surface area contributed by atoms with Crippen molar-refractivity contribution >= 4 is 22.4 Å². The van der Waals surface area contributed by atoms with E-state index < -0.39 is 5.63 Å². The molecule has 2 heterocycles. The Hall–Kier alpha value is -2.14. The van der Waals surface area contributed by atoms with Gasteiger partial charge in [0.25, 0.3) is 0 Å². The van der Waals surface area contributed by atoms with Crippen LogP contribution in [0.2, 0.25) is 0 Å². The summed E-state index contributed by atoms with van der Waals surface area (Å²) in [5.41, 5.74) is 1.18. The minimum Gasteiger partial charge on any atom is -0.484 e. The van der Waals surface area contributed by atoms with E-state index >= 15 is 0 Å². The lowest BCUT2D eigenvalue weighted by molar-refractivity contribution is 0.196. The first-order valence-electron chi connectivity index (χ1n) is 6.53. The van der Waals surface area contributed by atoms with E-state index in [9.17, 15) is 4.79 Å². The van der Waals surface area contributed by atoms with Crippen LogP contribution in [0.4, 0.5) is 5.69 Å². The molecule has 0 saturated heterocycles. The summed E-state index contributed by atoms with van der Waals surface area (Å²) >= 11 is 0. The fourth-order valence-corrected chi connectivity index (χ4v) is 2.25. The summed E-state index contributed by atoms with van der Waals surface area (Å²) in [6.07, 6.45) is 1.60. The Morgan fingerprint density at radius 1 is 1.35 bits per heavy atom. The summed E-state index contributed by atoms with van der Waals surface area (Å²) in [5.74, 6) is 0.521. The molecule has 0 fully saturated rings. The Morgan fingerprint density at radius 2 is 2.20 bits per heavy atom. The molecule has 0 atom stereocenters. The zero-order chi connectivity index (χ0) is 13.9. The van der Waals surface area contributed by atoms with Crippen LogP contribution in [0.5, 0.6) is 5.75 Å². The number of aliphatic imine (C=N–C) groups is 1. The molecule has 0 bridgehead atoms. The highest BCUT2D eigenvalue weighted by Crippen LogP contribution is 2.35. The van der Waals surface area contributed by atoms with E-state index in [0.29, 0.717) is 24.5 Å². The maximum Gasteiger partial charge on any atom is 0.366 e. The Bertz CT molecular complexity index is 717. The Kier molecular flexibility index (Phi) is 3.52. The smallest absolute Gasteiger partial charge is 0.366 e. The SMILES string of the molecule is COCCCC1=Nc2c(c3ccccc3oc2=O)OC1. The predicted molar refractivity (Wildman–Crippen MR) is 76.2 cm³/mol. The highest BCUT2D eigenvalue weighted by atomic mass is 16.5. The van der Waals surface area contributed by atoms with Gasteiger partial charge in [0, 0.05) is 13.7 Å². The van der Waals surface area contributed by atoms with E-state index in [2.05, 4.69) is 4.99 Å². The number of nitrogens with zero attached hydrogens (tertiary/aromatic N) is 1. The summed E-state index contributed by atoms with van der Waals surface area (Å²) in [6.45, 7) is 1.07. The van der Waals surface area contributed by atoms with Crippen LogP contribution in [0, 0.1) is 0 Å². The van der Waals surface area contributed by atoms with Crippen LogP contribution in [-0.4, -0.2) is 26.0 Å². The van der Waals surface area contributed by atoms with E-state index in [1.54, 1.807) is 13.2 Å². The molecule has 0 N–H and O–H groups in total. The van der Waals surface area contributed by atoms with E-state index in [4.69, 9.17) is 13.9 Å². The van der Waals surface area contributed by atoms with Crippen molar-refractivity contribution in [3.05, 3.63) is 34.7 Å². The van der Waals surface area contributed by atoms with Crippen molar-refractivity contribution < 1.29 is 13.9 Å². The molecule has 2 aromatic rings. The van der Waals surface area contributed by atoms with Gasteiger partial charge in [-0.3, -0.25) is 0 Å². The molecule has 3 rings (SSSR count). The van der Waals surface area contributed by atoms with Crippen LogP contribution in [0.25, 0.3) is 11.0 Å². The maximum atomic E-state index is 12.0. The summed E-state index contributed by atoms with van der Waals surface area (Å²) in [6, 6.07) is 7.31. The van der Waals surface area contributed by atoms with Crippen molar-refractivity contribution in [2.24, 2.45) is 4.99 Å². The van der Waals surface area contributed by atoms with Gasteiger partial charge in [0.2, 0.25) is 0 Å². The molecule has 0 unspecified atom stereocenters. The molecular weight excluding hydrogens is 258 g/mol. The average molecular weight is 273 g/mol. The van der Waals surface area contributed by atoms with Crippen LogP contribution in [0.15, 0.2) is 38.5 Å². The first kappa shape index (κ1) is 12.9. The minimum absolute atomic E-state index is 0.266. The highest BCUT2D eigenvalue weighted by molar-refractivity contribution is 5.95. The van der Waals surface area contributed by atoms with Crippen LogP contribution in [-0.2, 0) is 4.74 Å². The van der Waals surface area contributed by atoms with Gasteiger partial charge in [-0.05, 0) is 25.0 Å². The van der Waals surface area contributed by atoms with Crippen LogP contribution in [0.3, 0.4) is 0 Å². The van der Waals surface area contributed by atoms with Gasteiger partial charge in [-0.15, -0.1) is 0 Å². The number of methoxy groups -OCH3 is 1. The molecule has 20 heavy (non-hydrogen) atoms. The molecule has 104 valence electrons. The molecule has 0 saturated carbocycles. The number of fused-ring (bicyclic) bond motifs is 3. The number of rotatable bonds is 4. The second-order valence-electron chi connectivity index (χ2n) is 4.63. The van der Waals surface area contributed by atoms with Gasteiger partial charge in [-0.25, -0.2) is 9.79 Å². The highest BCUT2D eigenvalue weighted by Gasteiger charge is 2.20. The van der Waals surface area contributed by atoms with Crippen molar-refractivity contribution in [2.45, 2.75) is 12.8 Å². The fraction of sp³-hybridized carbons (Fsp3) is 0.333. The number of para-hydroxylation sites is 1. The molecular formula is C15H15NO4. The third-order valence-electron chi connectivity index (χ3n) is 3.21. The summed E-state index contributed by atoms with van der Waals surface area (Å²) < 4.78 is 16.0. The lowest BCUT2D eigenvalue weighted by Crippen LogP contribution is -2.18. The van der Waals surface area contributed by atoms with Gasteiger partial charge >= 0.3 is 5.63 Å². The minimum atomic E-state index is -0.456. The maximum absolute atomic E-state index is 12.0.